The molecule has 1 aliphatic rings. The van der Waals surface area contributed by atoms with Crippen LogP contribution < -0.4 is 0 Å². The number of allylic oxidation sites excluding steroid dienone is 1. The second-order valence-corrected chi connectivity index (χ2v) is 5.28. The summed E-state index contributed by atoms with van der Waals surface area (Å²) >= 11 is 5.98. The molecule has 2 aromatic rings. The molecular weight excluding hydrogens is 334 g/mol. The highest BCUT2D eigenvalue weighted by Crippen LogP contribution is 2.27. The van der Waals surface area contributed by atoms with Crippen molar-refractivity contribution < 1.29 is 14.5 Å². The Kier molecular flexibility index (Phi) is 4.09. The Hall–Kier alpha value is -3.06. The minimum absolute atomic E-state index is 0.0307. The third-order valence-corrected chi connectivity index (χ3v) is 3.75. The number of hydrogen-bond donors (Lipinski definition) is 0. The number of halogens is 1. The maximum Gasteiger partial charge on any atom is 0.364 e. The molecule has 120 valence electrons. The van der Waals surface area contributed by atoms with E-state index in [0.717, 1.165) is 0 Å². The molecule has 0 fully saturated rings. The van der Waals surface area contributed by atoms with Crippen molar-refractivity contribution in [1.82, 2.24) is 4.98 Å². The van der Waals surface area contributed by atoms with Crippen molar-refractivity contribution in [3.05, 3.63) is 74.7 Å². The van der Waals surface area contributed by atoms with E-state index in [0.29, 0.717) is 16.7 Å². The molecule has 0 spiro atoms. The molecule has 1 aromatic heterocycles. The number of ether oxygens (including phenoxy) is 1. The van der Waals surface area contributed by atoms with Crippen LogP contribution in [0.15, 0.2) is 53.3 Å². The van der Waals surface area contributed by atoms with E-state index < -0.39 is 10.9 Å². The molecule has 0 aliphatic carbocycles. The smallest absolute Gasteiger partial charge is 0.364 e. The van der Waals surface area contributed by atoms with Gasteiger partial charge < -0.3 is 4.74 Å². The fourth-order valence-corrected chi connectivity index (χ4v) is 2.37. The summed E-state index contributed by atoms with van der Waals surface area (Å²) in [6, 6.07) is 9.13. The van der Waals surface area contributed by atoms with Gasteiger partial charge in [0.15, 0.2) is 5.70 Å². The van der Waals surface area contributed by atoms with Crippen molar-refractivity contribution in [2.75, 3.05) is 0 Å². The number of pyridine rings is 1. The van der Waals surface area contributed by atoms with Gasteiger partial charge in [-0.15, -0.1) is 0 Å². The Morgan fingerprint density at radius 2 is 1.96 bits per heavy atom. The molecule has 0 unspecified atom stereocenters. The van der Waals surface area contributed by atoms with Crippen LogP contribution in [0.25, 0.3) is 5.57 Å². The lowest BCUT2D eigenvalue weighted by molar-refractivity contribution is -0.384. The van der Waals surface area contributed by atoms with Crippen LogP contribution in [-0.2, 0) is 9.53 Å². The van der Waals surface area contributed by atoms with Crippen LogP contribution in [0, 0.1) is 10.1 Å². The maximum absolute atomic E-state index is 12.1. The number of cyclic esters (lactones) is 1. The zero-order valence-corrected chi connectivity index (χ0v) is 13.1. The molecule has 24 heavy (non-hydrogen) atoms. The number of rotatable bonds is 3. The number of carbonyl (C=O) groups is 1. The molecule has 3 rings (SSSR count). The van der Waals surface area contributed by atoms with Gasteiger partial charge in [0.05, 0.1) is 10.5 Å². The second-order valence-electron chi connectivity index (χ2n) is 4.93. The second kappa shape index (κ2) is 6.21. The van der Waals surface area contributed by atoms with Crippen molar-refractivity contribution in [3.63, 3.8) is 0 Å². The van der Waals surface area contributed by atoms with E-state index in [4.69, 9.17) is 16.3 Å². The van der Waals surface area contributed by atoms with Crippen LogP contribution in [-0.4, -0.2) is 21.8 Å². The minimum atomic E-state index is -0.610. The summed E-state index contributed by atoms with van der Waals surface area (Å²) in [6.45, 7) is 1.69. The van der Waals surface area contributed by atoms with Gasteiger partial charge in [0, 0.05) is 18.3 Å². The van der Waals surface area contributed by atoms with Crippen molar-refractivity contribution >= 4 is 34.7 Å². The van der Waals surface area contributed by atoms with Crippen LogP contribution in [0.5, 0.6) is 0 Å². The lowest BCUT2D eigenvalue weighted by Gasteiger charge is -2.02. The molecule has 0 amide bonds. The maximum atomic E-state index is 12.1. The molecule has 0 saturated carbocycles. The third kappa shape index (κ3) is 2.89. The quantitative estimate of drug-likeness (QED) is 0.280. The first kappa shape index (κ1) is 15.8. The number of nitrogens with zero attached hydrogens (tertiary/aromatic N) is 3. The van der Waals surface area contributed by atoms with Gasteiger partial charge in [-0.05, 0) is 42.3 Å². The van der Waals surface area contributed by atoms with E-state index in [1.165, 1.54) is 18.3 Å². The molecule has 0 saturated heterocycles. The molecule has 7 nitrogen and oxygen atoms in total. The first-order valence-corrected chi connectivity index (χ1v) is 7.22. The number of carbonyl (C=O) groups excluding carboxylic acids is 1. The van der Waals surface area contributed by atoms with E-state index in [9.17, 15) is 14.9 Å². The summed E-state index contributed by atoms with van der Waals surface area (Å²) in [7, 11) is 0. The van der Waals surface area contributed by atoms with Gasteiger partial charge in [0.25, 0.3) is 5.69 Å². The lowest BCUT2D eigenvalue weighted by Crippen LogP contribution is -2.06. The van der Waals surface area contributed by atoms with Crippen molar-refractivity contribution in [2.24, 2.45) is 4.99 Å². The van der Waals surface area contributed by atoms with Crippen molar-refractivity contribution in [2.45, 2.75) is 6.92 Å². The van der Waals surface area contributed by atoms with Gasteiger partial charge in [-0.2, -0.15) is 0 Å². The first-order chi connectivity index (χ1) is 11.5. The molecule has 8 heteroatoms. The zero-order chi connectivity index (χ0) is 17.3. The fourth-order valence-electron chi connectivity index (χ4n) is 2.17. The number of nitro groups is 1. The van der Waals surface area contributed by atoms with Gasteiger partial charge in [-0.1, -0.05) is 11.6 Å². The molecule has 1 aliphatic heterocycles. The monoisotopic (exact) mass is 343 g/mol. The molecule has 0 N–H and O–H groups in total. The van der Waals surface area contributed by atoms with Crippen LogP contribution in [0.3, 0.4) is 0 Å². The lowest BCUT2D eigenvalue weighted by atomic mass is 10.1. The number of nitro benzene ring substituents is 1. The molecule has 2 heterocycles. The zero-order valence-electron chi connectivity index (χ0n) is 12.4. The minimum Gasteiger partial charge on any atom is -0.402 e. The number of benzene rings is 1. The molecule has 1 aromatic carbocycles. The number of hydrogen-bond acceptors (Lipinski definition) is 6. The van der Waals surface area contributed by atoms with Crippen LogP contribution >= 0.6 is 11.6 Å². The number of esters is 1. The largest absolute Gasteiger partial charge is 0.402 e. The highest BCUT2D eigenvalue weighted by molar-refractivity contribution is 6.33. The highest BCUT2D eigenvalue weighted by Gasteiger charge is 2.28. The standard InChI is InChI=1S/C16H10ClN3O4/c1-9(10-4-6-11(7-5-10)20(22)23)13-16(21)24-15(19-13)12-3-2-8-18-14(12)17/h2-8H,1H3. The van der Waals surface area contributed by atoms with E-state index in [1.807, 2.05) is 0 Å². The molecule has 0 radical (unpaired) electrons. The van der Waals surface area contributed by atoms with Crippen LogP contribution in [0.1, 0.15) is 18.1 Å². The van der Waals surface area contributed by atoms with Gasteiger partial charge in [0.1, 0.15) is 5.15 Å². The molecule has 0 atom stereocenters. The predicted molar refractivity (Wildman–Crippen MR) is 87.6 cm³/mol. The molecular formula is C16H10ClN3O4. The summed E-state index contributed by atoms with van der Waals surface area (Å²) < 4.78 is 5.17. The topological polar surface area (TPSA) is 94.7 Å². The fraction of sp³-hybridized carbons (Fsp3) is 0.0625. The summed E-state index contributed by atoms with van der Waals surface area (Å²) in [5.74, 6) is -0.532. The number of aromatic nitrogens is 1. The van der Waals surface area contributed by atoms with Crippen molar-refractivity contribution in [1.29, 1.82) is 0 Å². The Morgan fingerprint density at radius 1 is 1.25 bits per heavy atom. The number of non-ortho nitro benzene ring substituents is 1. The number of aliphatic imine (C=N–C) groups is 1. The summed E-state index contributed by atoms with van der Waals surface area (Å²) in [5, 5.41) is 10.9. The Labute approximate surface area is 141 Å². The van der Waals surface area contributed by atoms with Crippen molar-refractivity contribution in [3.8, 4) is 0 Å². The Balaban J connectivity index is 2.00. The van der Waals surface area contributed by atoms with Crippen LogP contribution in [0.2, 0.25) is 5.15 Å². The van der Waals surface area contributed by atoms with Gasteiger partial charge in [-0.25, -0.2) is 14.8 Å². The summed E-state index contributed by atoms with van der Waals surface area (Å²) in [6.07, 6.45) is 1.52. The van der Waals surface area contributed by atoms with E-state index in [2.05, 4.69) is 9.98 Å². The average molecular weight is 344 g/mol. The molecule has 0 bridgehead atoms. The van der Waals surface area contributed by atoms with Gasteiger partial charge in [0.2, 0.25) is 5.90 Å². The Bertz CT molecular complexity index is 904. The normalized spacial score (nSPS) is 15.8. The predicted octanol–water partition coefficient (Wildman–Crippen LogP) is 3.38. The highest BCUT2D eigenvalue weighted by atomic mass is 35.5. The first-order valence-electron chi connectivity index (χ1n) is 6.85. The van der Waals surface area contributed by atoms with E-state index >= 15 is 0 Å². The summed E-state index contributed by atoms with van der Waals surface area (Å²) in [5.41, 5.74) is 1.69. The van der Waals surface area contributed by atoms with Crippen LogP contribution in [0.4, 0.5) is 5.69 Å². The van der Waals surface area contributed by atoms with Gasteiger partial charge >= 0.3 is 5.97 Å². The SMILES string of the molecule is CC(=C1N=C(c2cccnc2Cl)OC1=O)c1ccc([N+](=O)[O-])cc1. The third-order valence-electron chi connectivity index (χ3n) is 3.45. The van der Waals surface area contributed by atoms with E-state index in [-0.39, 0.29) is 22.4 Å². The summed E-state index contributed by atoms with van der Waals surface area (Å²) in [4.78, 5) is 30.4. The van der Waals surface area contributed by atoms with E-state index in [1.54, 1.807) is 31.2 Å². The average Bonchev–Trinajstić information content (AvgIpc) is 2.96. The Morgan fingerprint density at radius 3 is 2.58 bits per heavy atom. The van der Waals surface area contributed by atoms with Gasteiger partial charge in [-0.3, -0.25) is 10.1 Å².